The van der Waals surface area contributed by atoms with Gasteiger partial charge in [-0.15, -0.1) is 0 Å². The normalized spacial score (nSPS) is 11.3. The van der Waals surface area contributed by atoms with Crippen LogP contribution in [-0.2, 0) is 0 Å². The fourth-order valence-corrected chi connectivity index (χ4v) is 8.79. The van der Waals surface area contributed by atoms with Crippen molar-refractivity contribution in [1.82, 2.24) is 15.0 Å². The van der Waals surface area contributed by atoms with E-state index in [1.165, 1.54) is 49.0 Å². The molecule has 280 valence electrons. The molecular weight excluding hydrogens is 727 g/mol. The second-order valence-corrected chi connectivity index (χ2v) is 15.1. The first-order chi connectivity index (χ1) is 29.8. The number of hydrogen-bond donors (Lipinski definition) is 0. The molecular formula is C57H37N3. The molecule has 11 aromatic rings. The summed E-state index contributed by atoms with van der Waals surface area (Å²) in [7, 11) is 0. The van der Waals surface area contributed by atoms with Crippen molar-refractivity contribution in [2.45, 2.75) is 0 Å². The Balaban J connectivity index is 1.13. The van der Waals surface area contributed by atoms with Crippen LogP contribution in [0, 0.1) is 0 Å². The first-order valence-corrected chi connectivity index (χ1v) is 20.4. The summed E-state index contributed by atoms with van der Waals surface area (Å²) in [6.07, 6.45) is 0. The van der Waals surface area contributed by atoms with E-state index in [0.29, 0.717) is 17.5 Å². The van der Waals surface area contributed by atoms with Crippen LogP contribution < -0.4 is 0 Å². The monoisotopic (exact) mass is 763 g/mol. The first-order valence-electron chi connectivity index (χ1n) is 20.4. The predicted octanol–water partition coefficient (Wildman–Crippen LogP) is 15.0. The second kappa shape index (κ2) is 15.1. The molecule has 0 aliphatic rings. The van der Waals surface area contributed by atoms with Gasteiger partial charge in [0, 0.05) is 16.7 Å². The van der Waals surface area contributed by atoms with Crippen LogP contribution in [0.1, 0.15) is 0 Å². The maximum atomic E-state index is 5.25. The molecule has 0 spiro atoms. The minimum absolute atomic E-state index is 0.617. The lowest BCUT2D eigenvalue weighted by Gasteiger charge is -2.19. The molecule has 0 aliphatic carbocycles. The fraction of sp³-hybridized carbons (Fsp3) is 0. The van der Waals surface area contributed by atoms with Gasteiger partial charge < -0.3 is 0 Å². The van der Waals surface area contributed by atoms with E-state index in [2.05, 4.69) is 212 Å². The number of benzene rings is 10. The molecule has 1 heterocycles. The van der Waals surface area contributed by atoms with Crippen molar-refractivity contribution in [1.29, 1.82) is 0 Å². The van der Waals surface area contributed by atoms with Gasteiger partial charge >= 0.3 is 0 Å². The third kappa shape index (κ3) is 6.21. The molecule has 0 amide bonds. The van der Waals surface area contributed by atoms with E-state index < -0.39 is 0 Å². The van der Waals surface area contributed by atoms with Crippen LogP contribution in [0.5, 0.6) is 0 Å². The summed E-state index contributed by atoms with van der Waals surface area (Å²) < 4.78 is 0. The molecule has 0 N–H and O–H groups in total. The van der Waals surface area contributed by atoms with Crippen LogP contribution in [0.15, 0.2) is 224 Å². The summed E-state index contributed by atoms with van der Waals surface area (Å²) in [5, 5.41) is 7.38. The highest BCUT2D eigenvalue weighted by Crippen LogP contribution is 2.46. The maximum absolute atomic E-state index is 5.25. The fourth-order valence-electron chi connectivity index (χ4n) is 8.79. The van der Waals surface area contributed by atoms with Gasteiger partial charge in [0.05, 0.1) is 0 Å². The number of aromatic nitrogens is 3. The largest absolute Gasteiger partial charge is 0.208 e. The van der Waals surface area contributed by atoms with E-state index in [1.807, 2.05) is 12.1 Å². The van der Waals surface area contributed by atoms with Gasteiger partial charge in [0.25, 0.3) is 0 Å². The molecule has 0 bridgehead atoms. The van der Waals surface area contributed by atoms with Gasteiger partial charge in [-0.1, -0.05) is 224 Å². The Labute approximate surface area is 349 Å². The Bertz CT molecular complexity index is 3240. The molecule has 0 atom stereocenters. The van der Waals surface area contributed by atoms with Crippen molar-refractivity contribution >= 4 is 32.3 Å². The summed E-state index contributed by atoms with van der Waals surface area (Å²) in [4.78, 5) is 15.8. The lowest BCUT2D eigenvalue weighted by Crippen LogP contribution is -2.02. The Kier molecular flexibility index (Phi) is 8.83. The lowest BCUT2D eigenvalue weighted by molar-refractivity contribution is 1.07. The maximum Gasteiger partial charge on any atom is 0.164 e. The van der Waals surface area contributed by atoms with Crippen LogP contribution in [-0.4, -0.2) is 15.0 Å². The third-order valence-electron chi connectivity index (χ3n) is 11.5. The average molecular weight is 764 g/mol. The van der Waals surface area contributed by atoms with Crippen molar-refractivity contribution in [3.63, 3.8) is 0 Å². The third-order valence-corrected chi connectivity index (χ3v) is 11.5. The zero-order chi connectivity index (χ0) is 39.8. The smallest absolute Gasteiger partial charge is 0.164 e. The Morgan fingerprint density at radius 3 is 1.18 bits per heavy atom. The number of nitrogens with zero attached hydrogens (tertiary/aromatic N) is 3. The average Bonchev–Trinajstić information content (AvgIpc) is 3.34. The minimum Gasteiger partial charge on any atom is -0.208 e. The van der Waals surface area contributed by atoms with Crippen molar-refractivity contribution < 1.29 is 0 Å². The van der Waals surface area contributed by atoms with Gasteiger partial charge in [0.15, 0.2) is 17.5 Å². The van der Waals surface area contributed by atoms with Crippen LogP contribution in [0.2, 0.25) is 0 Å². The summed E-state index contributed by atoms with van der Waals surface area (Å²) in [5.74, 6) is 1.87. The van der Waals surface area contributed by atoms with Crippen molar-refractivity contribution in [3.8, 4) is 78.7 Å². The quantitative estimate of drug-likeness (QED) is 0.120. The zero-order valence-corrected chi connectivity index (χ0v) is 32.7. The molecule has 0 radical (unpaired) electrons. The van der Waals surface area contributed by atoms with Gasteiger partial charge in [-0.05, 0) is 76.8 Å². The van der Waals surface area contributed by atoms with Gasteiger partial charge in [0.1, 0.15) is 0 Å². The lowest BCUT2D eigenvalue weighted by atomic mass is 9.84. The minimum atomic E-state index is 0.617. The summed E-state index contributed by atoms with van der Waals surface area (Å²) in [5.41, 5.74) is 12.0. The second-order valence-electron chi connectivity index (χ2n) is 15.1. The molecule has 0 fully saturated rings. The molecule has 1 aromatic heterocycles. The van der Waals surface area contributed by atoms with Crippen LogP contribution in [0.25, 0.3) is 111 Å². The van der Waals surface area contributed by atoms with Gasteiger partial charge in [-0.25, -0.2) is 15.0 Å². The van der Waals surface area contributed by atoms with Gasteiger partial charge in [-0.2, -0.15) is 0 Å². The molecule has 11 rings (SSSR count). The first kappa shape index (κ1) is 35.2. The van der Waals surface area contributed by atoms with E-state index in [9.17, 15) is 0 Å². The Morgan fingerprint density at radius 1 is 0.217 bits per heavy atom. The summed E-state index contributed by atoms with van der Waals surface area (Å²) >= 11 is 0. The SMILES string of the molecule is c1ccc(-c2ccccc2-c2nc(-c3ccc(-c4c5ccccc5c(-c5ccccc5)c5ccc6ccccc6c45)cc3)nc(-c3ccccc3-c3ccccc3)n2)cc1. The Hall–Kier alpha value is -8.01. The topological polar surface area (TPSA) is 38.7 Å². The van der Waals surface area contributed by atoms with E-state index in [4.69, 9.17) is 15.0 Å². The van der Waals surface area contributed by atoms with Crippen LogP contribution in [0.4, 0.5) is 0 Å². The summed E-state index contributed by atoms with van der Waals surface area (Å²) in [6.45, 7) is 0. The van der Waals surface area contributed by atoms with E-state index in [-0.39, 0.29) is 0 Å². The van der Waals surface area contributed by atoms with E-state index >= 15 is 0 Å². The molecule has 10 aromatic carbocycles. The Morgan fingerprint density at radius 2 is 0.617 bits per heavy atom. The molecule has 0 saturated heterocycles. The molecule has 3 heteroatoms. The van der Waals surface area contributed by atoms with Crippen molar-refractivity contribution in [3.05, 3.63) is 224 Å². The van der Waals surface area contributed by atoms with Crippen LogP contribution >= 0.6 is 0 Å². The molecule has 3 nitrogen and oxygen atoms in total. The highest BCUT2D eigenvalue weighted by molar-refractivity contribution is 6.27. The van der Waals surface area contributed by atoms with Crippen molar-refractivity contribution in [2.75, 3.05) is 0 Å². The summed E-state index contributed by atoms with van der Waals surface area (Å²) in [6, 6.07) is 79.4. The molecule has 0 unspecified atom stereocenters. The van der Waals surface area contributed by atoms with Gasteiger partial charge in [0.2, 0.25) is 0 Å². The van der Waals surface area contributed by atoms with Crippen LogP contribution in [0.3, 0.4) is 0 Å². The molecule has 60 heavy (non-hydrogen) atoms. The van der Waals surface area contributed by atoms with E-state index in [0.717, 1.165) is 44.5 Å². The van der Waals surface area contributed by atoms with E-state index in [1.54, 1.807) is 0 Å². The van der Waals surface area contributed by atoms with Gasteiger partial charge in [-0.3, -0.25) is 0 Å². The number of rotatable bonds is 7. The molecule has 0 saturated carbocycles. The zero-order valence-electron chi connectivity index (χ0n) is 32.7. The standard InChI is InChI=1S/C57H37N3/c1-4-18-38(19-5-1)44-25-12-16-30-49(44)56-58-55(59-57(60-56)50-31-17-13-26-45(50)39-20-6-2-7-21-39)43-34-32-42(33-35-43)53-48-29-15-14-28-47(48)52(41-23-8-3-9-24-41)51-37-36-40-22-10-11-27-46(40)54(51)53/h1-37H. The highest BCUT2D eigenvalue weighted by atomic mass is 15.0. The number of hydrogen-bond acceptors (Lipinski definition) is 3. The predicted molar refractivity (Wildman–Crippen MR) is 250 cm³/mol. The molecule has 0 aliphatic heterocycles. The number of fused-ring (bicyclic) bond motifs is 4. The highest BCUT2D eigenvalue weighted by Gasteiger charge is 2.21. The van der Waals surface area contributed by atoms with Crippen molar-refractivity contribution in [2.24, 2.45) is 0 Å².